The molecule has 0 saturated carbocycles. The van der Waals surface area contributed by atoms with Gasteiger partial charge in [-0.05, 0) is 41.3 Å². The Hall–Kier alpha value is -3.18. The second-order valence-electron chi connectivity index (χ2n) is 10.9. The van der Waals surface area contributed by atoms with Crippen LogP contribution < -0.4 is 4.74 Å². The Morgan fingerprint density at radius 3 is 2.71 bits per heavy atom. The van der Waals surface area contributed by atoms with E-state index in [2.05, 4.69) is 4.99 Å². The first kappa shape index (κ1) is 28.9. The highest BCUT2D eigenvalue weighted by atomic mass is 35.5. The largest absolute Gasteiger partial charge is 0.489 e. The predicted octanol–water partition coefficient (Wildman–Crippen LogP) is 5.76. The number of aliphatic carboxylic acids is 1. The summed E-state index contributed by atoms with van der Waals surface area (Å²) in [4.78, 5) is 57.3. The molecular formula is C30H24Cl2N2O6S2. The van der Waals surface area contributed by atoms with Gasteiger partial charge in [-0.2, -0.15) is 0 Å². The molecule has 42 heavy (non-hydrogen) atoms. The first-order valence-electron chi connectivity index (χ1n) is 13.1. The van der Waals surface area contributed by atoms with Crippen molar-refractivity contribution >= 4 is 81.1 Å². The summed E-state index contributed by atoms with van der Waals surface area (Å²) in [6.07, 6.45) is 1.89. The third-order valence-corrected chi connectivity index (χ3v) is 10.7. The van der Waals surface area contributed by atoms with Crippen LogP contribution in [0.15, 0.2) is 73.7 Å². The van der Waals surface area contributed by atoms with Gasteiger partial charge < -0.3 is 9.84 Å². The van der Waals surface area contributed by atoms with Crippen molar-refractivity contribution in [2.45, 2.75) is 37.5 Å². The number of Topliss-reactive ketones (excluding diaryl/α,β-unsaturated/α-hetero) is 2. The monoisotopic (exact) mass is 642 g/mol. The highest BCUT2D eigenvalue weighted by Gasteiger charge is 2.53. The molecule has 6 rings (SSSR count). The second-order valence-corrected chi connectivity index (χ2v) is 13.8. The summed E-state index contributed by atoms with van der Waals surface area (Å²) in [7, 11) is 0. The number of carbonyl (C=O) groups is 4. The van der Waals surface area contributed by atoms with E-state index in [-0.39, 0.29) is 46.9 Å². The fourth-order valence-corrected chi connectivity index (χ4v) is 8.57. The number of aliphatic imine (C=N–C) groups is 1. The summed E-state index contributed by atoms with van der Waals surface area (Å²) in [5.74, 6) is -1.76. The van der Waals surface area contributed by atoms with E-state index in [9.17, 15) is 24.3 Å². The van der Waals surface area contributed by atoms with Crippen LogP contribution >= 0.6 is 46.3 Å². The first-order valence-corrected chi connectivity index (χ1v) is 15.8. The molecule has 8 nitrogen and oxygen atoms in total. The van der Waals surface area contributed by atoms with E-state index < -0.39 is 28.5 Å². The van der Waals surface area contributed by atoms with E-state index in [4.69, 9.17) is 27.9 Å². The van der Waals surface area contributed by atoms with Gasteiger partial charge in [0, 0.05) is 40.0 Å². The van der Waals surface area contributed by atoms with Crippen LogP contribution in [0.4, 0.5) is 5.69 Å². The van der Waals surface area contributed by atoms with Crippen molar-refractivity contribution in [1.82, 2.24) is 4.90 Å². The standard InChI is InChI=1S/C30H24Cl2N2O6S2/c1-30(2)19-10-16(5-6-21(19)33-22-11-20(31)26(36)24(32)23(22)30)40-12-14-13-42-28-18(27(37)34(28)25(14)29(38)39)9-15(35)8-17-4-3-7-41-17/h3-7,10-11,18,28H,8-9,12-13H2,1-2H3,(H,38,39). The van der Waals surface area contributed by atoms with Crippen molar-refractivity contribution in [2.24, 2.45) is 10.9 Å². The SMILES string of the molecule is CC1(C)C2=C(Cl)C(=O)C(Cl)=CC2=Nc2ccc(OCC3=C(C(=O)O)N4C(=O)C(CC(=O)Cc5cccs5)C4SC3)cc21. The number of allylic oxidation sites excluding steroid dienone is 4. The van der Waals surface area contributed by atoms with Crippen LogP contribution in [-0.2, 0) is 31.0 Å². The van der Waals surface area contributed by atoms with Gasteiger partial charge in [0.1, 0.15) is 23.8 Å². The molecule has 2 unspecified atom stereocenters. The number of carboxylic acid groups (broad SMARTS) is 1. The molecule has 2 aromatic rings. The molecule has 1 amide bonds. The third-order valence-electron chi connectivity index (χ3n) is 7.83. The lowest BCUT2D eigenvalue weighted by atomic mass is 9.71. The zero-order valence-electron chi connectivity index (χ0n) is 22.5. The van der Waals surface area contributed by atoms with Crippen LogP contribution in [0.3, 0.4) is 0 Å². The molecule has 3 aliphatic heterocycles. The van der Waals surface area contributed by atoms with E-state index in [1.807, 2.05) is 31.4 Å². The molecule has 4 aliphatic rings. The molecule has 12 heteroatoms. The Bertz CT molecular complexity index is 1690. The van der Waals surface area contributed by atoms with E-state index in [1.165, 1.54) is 34.1 Å². The number of hydrogen-bond acceptors (Lipinski definition) is 8. The number of halogens is 2. The van der Waals surface area contributed by atoms with Gasteiger partial charge in [0.2, 0.25) is 11.7 Å². The fourth-order valence-electron chi connectivity index (χ4n) is 5.76. The molecule has 0 bridgehead atoms. The van der Waals surface area contributed by atoms with Crippen molar-refractivity contribution in [3.63, 3.8) is 0 Å². The number of benzene rings is 1. The van der Waals surface area contributed by atoms with Gasteiger partial charge in [0.15, 0.2) is 0 Å². The molecule has 1 aliphatic carbocycles. The molecule has 1 aromatic heterocycles. The van der Waals surface area contributed by atoms with Crippen LogP contribution in [0.2, 0.25) is 0 Å². The van der Waals surface area contributed by atoms with Gasteiger partial charge >= 0.3 is 5.97 Å². The van der Waals surface area contributed by atoms with Gasteiger partial charge in [0.05, 0.1) is 32.8 Å². The molecule has 0 spiro atoms. The maximum Gasteiger partial charge on any atom is 0.352 e. The number of fused-ring (bicyclic) bond motifs is 3. The van der Waals surface area contributed by atoms with E-state index in [1.54, 1.807) is 18.2 Å². The predicted molar refractivity (Wildman–Crippen MR) is 163 cm³/mol. The molecule has 1 saturated heterocycles. The summed E-state index contributed by atoms with van der Waals surface area (Å²) in [6, 6.07) is 9.09. The Morgan fingerprint density at radius 1 is 1.21 bits per heavy atom. The number of β-lactam (4-membered cyclic amide) rings is 1. The smallest absolute Gasteiger partial charge is 0.352 e. The van der Waals surface area contributed by atoms with Crippen molar-refractivity contribution in [3.8, 4) is 5.75 Å². The lowest BCUT2D eigenvalue weighted by molar-refractivity contribution is -0.154. The van der Waals surface area contributed by atoms with E-state index in [0.29, 0.717) is 34.0 Å². The minimum Gasteiger partial charge on any atom is -0.489 e. The molecule has 1 N–H and O–H groups in total. The van der Waals surface area contributed by atoms with Crippen LogP contribution in [0.5, 0.6) is 5.75 Å². The number of carboxylic acids is 1. The number of amides is 1. The zero-order valence-corrected chi connectivity index (χ0v) is 25.6. The summed E-state index contributed by atoms with van der Waals surface area (Å²) in [5, 5.41) is 11.6. The molecule has 2 atom stereocenters. The quantitative estimate of drug-likeness (QED) is 0.288. The van der Waals surface area contributed by atoms with Crippen LogP contribution in [0, 0.1) is 5.92 Å². The van der Waals surface area contributed by atoms with Crippen molar-refractivity contribution in [3.05, 3.63) is 79.1 Å². The number of hydrogen-bond donors (Lipinski definition) is 1. The number of thioether (sulfide) groups is 1. The summed E-state index contributed by atoms with van der Waals surface area (Å²) < 4.78 is 6.06. The number of rotatable bonds is 8. The lowest BCUT2D eigenvalue weighted by Gasteiger charge is -2.49. The van der Waals surface area contributed by atoms with E-state index in [0.717, 1.165) is 10.4 Å². The van der Waals surface area contributed by atoms with Crippen LogP contribution in [0.1, 0.15) is 30.7 Å². The number of thiophene rings is 1. The maximum atomic E-state index is 13.0. The Morgan fingerprint density at radius 2 is 2.00 bits per heavy atom. The van der Waals surface area contributed by atoms with E-state index >= 15 is 0 Å². The molecule has 4 heterocycles. The Kier molecular flexibility index (Phi) is 7.45. The molecular weight excluding hydrogens is 619 g/mol. The minimum atomic E-state index is -1.21. The Labute approximate surface area is 259 Å². The summed E-state index contributed by atoms with van der Waals surface area (Å²) in [6.45, 7) is 3.83. The second kappa shape index (κ2) is 10.8. The third kappa shape index (κ3) is 4.84. The first-order chi connectivity index (χ1) is 20.0. The van der Waals surface area contributed by atoms with Gasteiger partial charge in [0.25, 0.3) is 0 Å². The van der Waals surface area contributed by atoms with Crippen LogP contribution in [0.25, 0.3) is 0 Å². The molecule has 1 aromatic carbocycles. The molecule has 1 fully saturated rings. The van der Waals surface area contributed by atoms with Gasteiger partial charge in [-0.3, -0.25) is 19.3 Å². The number of nitrogens with zero attached hydrogens (tertiary/aromatic N) is 2. The van der Waals surface area contributed by atoms with Crippen LogP contribution in [-0.4, -0.2) is 56.9 Å². The van der Waals surface area contributed by atoms with Gasteiger partial charge in [-0.1, -0.05) is 43.1 Å². The zero-order chi connectivity index (χ0) is 29.9. The van der Waals surface area contributed by atoms with Gasteiger partial charge in [-0.15, -0.1) is 23.1 Å². The number of ketones is 2. The van der Waals surface area contributed by atoms with Gasteiger partial charge in [-0.25, -0.2) is 9.79 Å². The van der Waals surface area contributed by atoms with Crippen molar-refractivity contribution in [1.29, 1.82) is 0 Å². The average molecular weight is 644 g/mol. The number of carbonyl (C=O) groups excluding carboxylic acids is 3. The maximum absolute atomic E-state index is 13.0. The average Bonchev–Trinajstić information content (AvgIpc) is 3.45. The van der Waals surface area contributed by atoms with Crippen molar-refractivity contribution in [2.75, 3.05) is 12.4 Å². The lowest BCUT2D eigenvalue weighted by Crippen LogP contribution is -2.62. The highest BCUT2D eigenvalue weighted by Crippen LogP contribution is 2.48. The summed E-state index contributed by atoms with van der Waals surface area (Å²) in [5.41, 5.74) is 2.28. The molecule has 216 valence electrons. The molecule has 0 radical (unpaired) electrons. The Balaban J connectivity index is 1.20. The number of ether oxygens (including phenoxy) is 1. The highest BCUT2D eigenvalue weighted by molar-refractivity contribution is 8.00. The normalized spacial score (nSPS) is 22.5. The fraction of sp³-hybridized carbons (Fsp3) is 0.300. The van der Waals surface area contributed by atoms with Crippen molar-refractivity contribution < 1.29 is 29.0 Å². The topological polar surface area (TPSA) is 113 Å². The summed E-state index contributed by atoms with van der Waals surface area (Å²) >= 11 is 15.4. The minimum absolute atomic E-state index is 0.00814.